The van der Waals surface area contributed by atoms with Crippen molar-refractivity contribution in [3.05, 3.63) is 101 Å². The zero-order valence-corrected chi connectivity index (χ0v) is 14.8. The van der Waals surface area contributed by atoms with Gasteiger partial charge in [-0.15, -0.1) is 0 Å². The van der Waals surface area contributed by atoms with E-state index in [1.165, 1.54) is 6.07 Å². The van der Waals surface area contributed by atoms with E-state index in [-0.39, 0.29) is 64.0 Å². The van der Waals surface area contributed by atoms with Crippen molar-refractivity contribution in [3.8, 4) is 0 Å². The molecule has 3 aromatic rings. The summed E-state index contributed by atoms with van der Waals surface area (Å²) in [6, 6.07) is 24.1. The van der Waals surface area contributed by atoms with Crippen molar-refractivity contribution in [1.29, 1.82) is 0 Å². The Balaban J connectivity index is 0.00000196. The summed E-state index contributed by atoms with van der Waals surface area (Å²) < 4.78 is 33.2. The van der Waals surface area contributed by atoms with Crippen LogP contribution < -0.4 is 0 Å². The molecule has 0 aliphatic carbocycles. The molecule has 3 rings (SSSR count). The average molecular weight is 410 g/mol. The summed E-state index contributed by atoms with van der Waals surface area (Å²) in [5.74, 6) is 0. The normalized spacial score (nSPS) is 11.2. The van der Waals surface area contributed by atoms with Gasteiger partial charge in [0, 0.05) is 5.56 Å². The molecule has 0 aliphatic rings. The van der Waals surface area contributed by atoms with Crippen LogP contribution in [0, 0.1) is 0 Å². The van der Waals surface area contributed by atoms with E-state index in [4.69, 9.17) is 0 Å². The van der Waals surface area contributed by atoms with Crippen LogP contribution in [0.4, 0.5) is 0 Å². The fraction of sp³-hybridized carbons (Fsp3) is 0. The van der Waals surface area contributed by atoms with E-state index in [2.05, 4.69) is 0 Å². The van der Waals surface area contributed by atoms with Crippen LogP contribution in [0.15, 0.2) is 83.8 Å². The van der Waals surface area contributed by atoms with Crippen molar-refractivity contribution in [1.82, 2.24) is 0 Å². The van der Waals surface area contributed by atoms with Gasteiger partial charge in [-0.1, -0.05) is 97.1 Å². The zero-order valence-electron chi connectivity index (χ0n) is 14.0. The minimum atomic E-state index is -4.33. The summed E-state index contributed by atoms with van der Waals surface area (Å²) in [7, 11) is -4.33. The molecule has 0 saturated carbocycles. The average Bonchev–Trinajstić information content (AvgIpc) is 2.66. The first-order valence-electron chi connectivity index (χ1n) is 8.11. The van der Waals surface area contributed by atoms with E-state index >= 15 is 0 Å². The van der Waals surface area contributed by atoms with Crippen molar-refractivity contribution >= 4 is 93.5 Å². The third kappa shape index (κ3) is 7.14. The summed E-state index contributed by atoms with van der Waals surface area (Å²) in [5.41, 5.74) is 3.10. The van der Waals surface area contributed by atoms with E-state index in [9.17, 15) is 13.0 Å². The Morgan fingerprint density at radius 3 is 1.61 bits per heavy atom. The molecule has 0 radical (unpaired) electrons. The summed E-state index contributed by atoms with van der Waals surface area (Å²) in [6.45, 7) is 0. The molecular formula is C22H20Na2O3S. The van der Waals surface area contributed by atoms with Crippen LogP contribution in [0.25, 0.3) is 24.3 Å². The quantitative estimate of drug-likeness (QED) is 0.393. The molecule has 0 aromatic heterocycles. The Morgan fingerprint density at radius 1 is 0.607 bits per heavy atom. The van der Waals surface area contributed by atoms with Crippen LogP contribution in [0.1, 0.15) is 22.3 Å². The second-order valence-corrected chi connectivity index (χ2v) is 7.11. The number of hydrogen-bond acceptors (Lipinski definition) is 2. The van der Waals surface area contributed by atoms with Gasteiger partial charge in [-0.2, -0.15) is 8.42 Å². The Labute approximate surface area is 210 Å². The second kappa shape index (κ2) is 11.9. The van der Waals surface area contributed by atoms with Gasteiger partial charge in [-0.3, -0.25) is 4.55 Å². The van der Waals surface area contributed by atoms with Gasteiger partial charge < -0.3 is 0 Å². The Morgan fingerprint density at radius 2 is 1.11 bits per heavy atom. The van der Waals surface area contributed by atoms with Crippen LogP contribution >= 0.6 is 0 Å². The molecule has 0 fully saturated rings. The first kappa shape index (κ1) is 25.1. The number of benzene rings is 3. The molecule has 0 unspecified atom stereocenters. The van der Waals surface area contributed by atoms with E-state index < -0.39 is 10.1 Å². The maximum atomic E-state index is 11.8. The SMILES string of the molecule is O=S(=O)(O)c1cccc(C=Cc2ccccc2)c1C=Cc1ccccc1.[NaH].[NaH]. The van der Waals surface area contributed by atoms with Crippen molar-refractivity contribution in [2.24, 2.45) is 0 Å². The molecule has 0 amide bonds. The molecule has 6 heteroatoms. The summed E-state index contributed by atoms with van der Waals surface area (Å²) in [6.07, 6.45) is 7.28. The van der Waals surface area contributed by atoms with E-state index in [0.717, 1.165) is 11.1 Å². The van der Waals surface area contributed by atoms with Crippen LogP contribution in [-0.2, 0) is 10.1 Å². The monoisotopic (exact) mass is 410 g/mol. The van der Waals surface area contributed by atoms with Gasteiger partial charge in [0.05, 0.1) is 0 Å². The minimum absolute atomic E-state index is 0. The van der Waals surface area contributed by atoms with Crippen LogP contribution in [-0.4, -0.2) is 72.1 Å². The van der Waals surface area contributed by atoms with E-state index in [1.807, 2.05) is 85.0 Å². The Hall–Kier alpha value is -0.950. The van der Waals surface area contributed by atoms with Crippen LogP contribution in [0.5, 0.6) is 0 Å². The number of rotatable bonds is 5. The van der Waals surface area contributed by atoms with Gasteiger partial charge in [-0.05, 0) is 22.8 Å². The van der Waals surface area contributed by atoms with Gasteiger partial charge >= 0.3 is 59.1 Å². The number of hydrogen-bond donors (Lipinski definition) is 1. The molecule has 0 heterocycles. The molecule has 0 bridgehead atoms. The van der Waals surface area contributed by atoms with Crippen molar-refractivity contribution < 1.29 is 13.0 Å². The van der Waals surface area contributed by atoms with Crippen molar-refractivity contribution in [2.45, 2.75) is 4.90 Å². The molecule has 0 saturated heterocycles. The molecule has 0 aliphatic heterocycles. The molecule has 1 N–H and O–H groups in total. The molecule has 134 valence electrons. The van der Waals surface area contributed by atoms with Crippen LogP contribution in [0.2, 0.25) is 0 Å². The third-order valence-electron chi connectivity index (χ3n) is 3.87. The fourth-order valence-electron chi connectivity index (χ4n) is 2.60. The Kier molecular flexibility index (Phi) is 10.7. The molecule has 0 atom stereocenters. The third-order valence-corrected chi connectivity index (χ3v) is 4.79. The topological polar surface area (TPSA) is 54.4 Å². The Bertz CT molecular complexity index is 1050. The van der Waals surface area contributed by atoms with Crippen LogP contribution in [0.3, 0.4) is 0 Å². The zero-order chi connectivity index (χ0) is 18.4. The van der Waals surface area contributed by atoms with Gasteiger partial charge in [0.15, 0.2) is 0 Å². The fourth-order valence-corrected chi connectivity index (χ4v) is 3.32. The molecule has 0 spiro atoms. The van der Waals surface area contributed by atoms with E-state index in [0.29, 0.717) is 11.1 Å². The molecular weight excluding hydrogens is 390 g/mol. The van der Waals surface area contributed by atoms with Gasteiger partial charge in [0.1, 0.15) is 4.90 Å². The van der Waals surface area contributed by atoms with Gasteiger partial charge in [0.2, 0.25) is 0 Å². The predicted octanol–water partition coefficient (Wildman–Crippen LogP) is 3.98. The van der Waals surface area contributed by atoms with Gasteiger partial charge in [-0.25, -0.2) is 0 Å². The predicted molar refractivity (Wildman–Crippen MR) is 121 cm³/mol. The van der Waals surface area contributed by atoms with Crippen molar-refractivity contribution in [3.63, 3.8) is 0 Å². The summed E-state index contributed by atoms with van der Waals surface area (Å²) in [4.78, 5) is -0.111. The molecule has 3 nitrogen and oxygen atoms in total. The summed E-state index contributed by atoms with van der Waals surface area (Å²) in [5, 5.41) is 0. The maximum absolute atomic E-state index is 11.8. The first-order chi connectivity index (χ1) is 12.5. The first-order valence-corrected chi connectivity index (χ1v) is 9.55. The standard InChI is InChI=1S/C22H18O3S.2Na.2H/c23-26(24,25)22-13-7-12-20(16-14-18-8-3-1-4-9-18)21(22)17-15-19-10-5-2-6-11-19;;;;/h1-17H,(H,23,24,25);;;;. The molecule has 3 aromatic carbocycles. The summed E-state index contributed by atoms with van der Waals surface area (Å²) >= 11 is 0. The van der Waals surface area contributed by atoms with Crippen molar-refractivity contribution in [2.75, 3.05) is 0 Å². The molecule has 28 heavy (non-hydrogen) atoms. The van der Waals surface area contributed by atoms with Gasteiger partial charge in [0.25, 0.3) is 10.1 Å². The second-order valence-electron chi connectivity index (χ2n) is 5.72. The van der Waals surface area contributed by atoms with E-state index in [1.54, 1.807) is 12.1 Å².